The fraction of sp³-hybridized carbons (Fsp3) is 0.211. The second kappa shape index (κ2) is 35.6. The molecule has 0 radical (unpaired) electrons. The number of rotatable bonds is 12. The monoisotopic (exact) mass is 1480 g/mol. The third-order valence-electron chi connectivity index (χ3n) is 23.5. The van der Waals surface area contributed by atoms with Crippen molar-refractivity contribution in [2.75, 3.05) is 0 Å². The first-order valence-corrected chi connectivity index (χ1v) is 40.4. The maximum Gasteiger partial charge on any atom is 0.213 e. The molecular formula is C109H112N4+4. The van der Waals surface area contributed by atoms with Gasteiger partial charge in [-0.25, -0.2) is 18.3 Å². The number of aryl methyl sites for hydroxylation is 17. The van der Waals surface area contributed by atoms with Crippen molar-refractivity contribution in [1.29, 1.82) is 0 Å². The van der Waals surface area contributed by atoms with Gasteiger partial charge in [-0.15, -0.1) is 0 Å². The normalized spacial score (nSPS) is 11.9. The third kappa shape index (κ3) is 18.0. The minimum absolute atomic E-state index is 0.727. The average molecular weight is 1480 g/mol. The van der Waals surface area contributed by atoms with Crippen LogP contribution in [0.4, 0.5) is 0 Å². The Morgan fingerprint density at radius 3 is 0.965 bits per heavy atom. The maximum absolute atomic E-state index is 2.49. The van der Waals surface area contributed by atoms with E-state index >= 15 is 0 Å². The highest BCUT2D eigenvalue weighted by molar-refractivity contribution is 5.82. The van der Waals surface area contributed by atoms with Gasteiger partial charge in [0.05, 0.1) is 0 Å². The number of nitrogens with zero attached hydrogens (tertiary/aromatic N) is 4. The zero-order valence-electron chi connectivity index (χ0n) is 69.8. The lowest BCUT2D eigenvalue weighted by Gasteiger charge is -2.23. The summed E-state index contributed by atoms with van der Waals surface area (Å²) in [6.45, 7) is 28.6. The highest BCUT2D eigenvalue weighted by Gasteiger charge is 2.26. The molecule has 0 saturated heterocycles. The molecule has 1 aliphatic rings. The van der Waals surface area contributed by atoms with Crippen LogP contribution in [0.25, 0.3) is 123 Å². The molecule has 0 spiro atoms. The van der Waals surface area contributed by atoms with E-state index in [9.17, 15) is 0 Å². The molecule has 4 aromatic heterocycles. The van der Waals surface area contributed by atoms with Gasteiger partial charge in [0.25, 0.3) is 0 Å². The molecule has 0 atom stereocenters. The van der Waals surface area contributed by atoms with Gasteiger partial charge in [-0.2, -0.15) is 0 Å². The van der Waals surface area contributed by atoms with Gasteiger partial charge < -0.3 is 0 Å². The second-order valence-corrected chi connectivity index (χ2v) is 31.8. The molecule has 1 fully saturated rings. The van der Waals surface area contributed by atoms with Crippen LogP contribution in [0.5, 0.6) is 0 Å². The van der Waals surface area contributed by atoms with Crippen LogP contribution in [-0.2, 0) is 28.2 Å². The van der Waals surface area contributed by atoms with Crippen LogP contribution >= 0.6 is 0 Å². The minimum Gasteiger partial charge on any atom is -0.201 e. The van der Waals surface area contributed by atoms with Crippen molar-refractivity contribution in [3.63, 3.8) is 0 Å². The van der Waals surface area contributed by atoms with Crippen LogP contribution < -0.4 is 18.3 Å². The SMILES string of the molecule is Cc1ccccc1-c1cc(-c2cc(C3CCCCC3)c(C)c[n+]2C)c(C)cc1C.Cc1ccccc1-c1ccc(C)c(-c2cc(-c3c(C)cccc3C)cc[n+]2C)c1.Cc1ccccc1-c1ccc(C)c(-c2cc(-c3ccccc3)cc[n+]2C)c1.Cc1ccccc1-c1ccc(C)c(-c2cc(-c3ccccc3C)cc[n+]2C)c1. The largest absolute Gasteiger partial charge is 0.213 e. The first-order valence-electron chi connectivity index (χ1n) is 40.4. The Labute approximate surface area is 674 Å². The third-order valence-corrected chi connectivity index (χ3v) is 23.5. The molecule has 11 aromatic carbocycles. The van der Waals surface area contributed by atoms with E-state index in [2.05, 4.69) is 440 Å². The lowest BCUT2D eigenvalue weighted by molar-refractivity contribution is -0.660. The van der Waals surface area contributed by atoms with Crippen molar-refractivity contribution in [3.05, 3.63) is 382 Å². The highest BCUT2D eigenvalue weighted by Crippen LogP contribution is 2.41. The Morgan fingerprint density at radius 2 is 0.531 bits per heavy atom. The van der Waals surface area contributed by atoms with Crippen molar-refractivity contribution in [1.82, 2.24) is 0 Å². The molecule has 15 aromatic rings. The van der Waals surface area contributed by atoms with Crippen molar-refractivity contribution in [2.45, 2.75) is 128 Å². The Morgan fingerprint density at radius 1 is 0.204 bits per heavy atom. The van der Waals surface area contributed by atoms with E-state index < -0.39 is 0 Å². The van der Waals surface area contributed by atoms with E-state index in [0.29, 0.717) is 0 Å². The van der Waals surface area contributed by atoms with Crippen molar-refractivity contribution >= 4 is 0 Å². The van der Waals surface area contributed by atoms with Crippen molar-refractivity contribution in [2.24, 2.45) is 28.2 Å². The molecule has 0 bridgehead atoms. The summed E-state index contributed by atoms with van der Waals surface area (Å²) >= 11 is 0. The van der Waals surface area contributed by atoms with Gasteiger partial charge in [-0.05, 0) is 283 Å². The summed E-state index contributed by atoms with van der Waals surface area (Å²) in [4.78, 5) is 0. The number of hydrogen-bond donors (Lipinski definition) is 0. The van der Waals surface area contributed by atoms with Crippen LogP contribution in [0.15, 0.2) is 304 Å². The number of pyridine rings is 4. The second-order valence-electron chi connectivity index (χ2n) is 31.8. The predicted molar refractivity (Wildman–Crippen MR) is 478 cm³/mol. The molecule has 113 heavy (non-hydrogen) atoms. The highest BCUT2D eigenvalue weighted by atomic mass is 14.9. The molecule has 0 N–H and O–H groups in total. The lowest BCUT2D eigenvalue weighted by atomic mass is 9.82. The average Bonchev–Trinajstić information content (AvgIpc) is 0.769. The number of hydrogen-bond acceptors (Lipinski definition) is 0. The van der Waals surface area contributed by atoms with E-state index in [1.165, 1.54) is 227 Å². The molecule has 0 amide bonds. The van der Waals surface area contributed by atoms with Crippen LogP contribution in [0.3, 0.4) is 0 Å². The van der Waals surface area contributed by atoms with Gasteiger partial charge in [0.15, 0.2) is 24.8 Å². The fourth-order valence-electron chi connectivity index (χ4n) is 16.9. The molecule has 4 heteroatoms. The van der Waals surface area contributed by atoms with Crippen LogP contribution in [-0.4, -0.2) is 0 Å². The zero-order chi connectivity index (χ0) is 79.6. The first kappa shape index (κ1) is 79.1. The standard InChI is InChI=1S/C28H28N.C28H34N.C27H26N.C26H24N/c1-19-9-6-7-12-25(19)23-14-13-20(2)26(17-23)27-18-24(15-16-29(27)5)28-21(3)10-8-11-22(28)4;1-19-11-9-10-14-24(19)26-16-27(21(3)15-20(26)2)28-17-25(22(4)18-29(28)5)23-12-7-6-8-13-23;1-19-9-5-7-11-24(19)22-14-13-21(3)26(17-22)27-18-23(15-16-28(27)4)25-12-8-6-10-20(25)2;1-19-9-7-8-12-24(19)23-14-13-20(2)25(17-23)26-18-22(15-16-27(26)3)21-10-5-4-6-11-21/h6-18H,1-5H3;9-11,14-18,23H,6-8,12-13H2,1-5H3;5-18H,1-4H3;4-18H,1-3H3/q4*+1. The summed E-state index contributed by atoms with van der Waals surface area (Å²) in [5.41, 5.74) is 46.9. The van der Waals surface area contributed by atoms with Crippen LogP contribution in [0, 0.1) is 90.0 Å². The Balaban J connectivity index is 0.000000132. The summed E-state index contributed by atoms with van der Waals surface area (Å²) in [6, 6.07) is 101. The zero-order valence-corrected chi connectivity index (χ0v) is 69.8. The Bertz CT molecular complexity index is 5830. The molecule has 564 valence electrons. The molecule has 0 aliphatic heterocycles. The quantitative estimate of drug-likeness (QED) is 0.108. The molecule has 16 rings (SSSR count). The van der Waals surface area contributed by atoms with E-state index in [4.69, 9.17) is 0 Å². The molecule has 1 aliphatic carbocycles. The van der Waals surface area contributed by atoms with E-state index in [1.54, 1.807) is 5.56 Å². The Kier molecular flexibility index (Phi) is 24.9. The summed E-state index contributed by atoms with van der Waals surface area (Å²) in [7, 11) is 8.56. The van der Waals surface area contributed by atoms with Crippen LogP contribution in [0.1, 0.15) is 116 Å². The van der Waals surface area contributed by atoms with Crippen LogP contribution in [0.2, 0.25) is 0 Å². The molecular weight excluding hydrogens is 1370 g/mol. The maximum atomic E-state index is 2.49. The van der Waals surface area contributed by atoms with Crippen molar-refractivity contribution < 1.29 is 18.3 Å². The smallest absolute Gasteiger partial charge is 0.201 e. The fourth-order valence-corrected chi connectivity index (χ4v) is 16.9. The number of benzene rings is 11. The van der Waals surface area contributed by atoms with E-state index in [1.807, 2.05) is 0 Å². The molecule has 4 heterocycles. The lowest BCUT2D eigenvalue weighted by Crippen LogP contribution is -2.32. The molecule has 0 unspecified atom stereocenters. The van der Waals surface area contributed by atoms with E-state index in [0.717, 1.165) is 5.92 Å². The first-order chi connectivity index (χ1) is 54.6. The number of aromatic nitrogens is 4. The molecule has 4 nitrogen and oxygen atoms in total. The van der Waals surface area contributed by atoms with Gasteiger partial charge in [0, 0.05) is 70.3 Å². The van der Waals surface area contributed by atoms with Gasteiger partial charge >= 0.3 is 0 Å². The Hall–Kier alpha value is -12.0. The summed E-state index contributed by atoms with van der Waals surface area (Å²) in [5, 5.41) is 0. The van der Waals surface area contributed by atoms with Gasteiger partial charge in [0.1, 0.15) is 28.2 Å². The predicted octanol–water partition coefficient (Wildman–Crippen LogP) is 26.4. The van der Waals surface area contributed by atoms with Gasteiger partial charge in [-0.1, -0.05) is 232 Å². The summed E-state index contributed by atoms with van der Waals surface area (Å²) < 4.78 is 8.96. The topological polar surface area (TPSA) is 15.5 Å². The molecule has 1 saturated carbocycles. The summed E-state index contributed by atoms with van der Waals surface area (Å²) in [5.74, 6) is 0.727. The minimum atomic E-state index is 0.727. The van der Waals surface area contributed by atoms with E-state index in [-0.39, 0.29) is 0 Å². The summed E-state index contributed by atoms with van der Waals surface area (Å²) in [6.07, 6.45) is 15.7. The van der Waals surface area contributed by atoms with Gasteiger partial charge in [-0.3, -0.25) is 0 Å². The van der Waals surface area contributed by atoms with Crippen molar-refractivity contribution in [3.8, 4) is 123 Å². The van der Waals surface area contributed by atoms with Gasteiger partial charge in [0.2, 0.25) is 22.8 Å².